The maximum Gasteiger partial charge on any atom is 0.409 e. The van der Waals surface area contributed by atoms with E-state index in [1.165, 1.54) is 0 Å². The second-order valence-corrected chi connectivity index (χ2v) is 3.77. The molecule has 0 aromatic heterocycles. The van der Waals surface area contributed by atoms with E-state index in [9.17, 15) is 4.79 Å². The van der Waals surface area contributed by atoms with Crippen molar-refractivity contribution < 1.29 is 9.53 Å². The number of rotatable bonds is 3. The number of carbonyl (C=O) groups is 1. The molecule has 14 heavy (non-hydrogen) atoms. The molecular formula is C10H20N2O2. The van der Waals surface area contributed by atoms with Crippen LogP contribution in [0, 0.1) is 5.92 Å². The third-order valence-corrected chi connectivity index (χ3v) is 2.57. The maximum absolute atomic E-state index is 11.3. The molecule has 0 bridgehead atoms. The molecule has 1 rings (SSSR count). The highest BCUT2D eigenvalue weighted by Gasteiger charge is 2.18. The van der Waals surface area contributed by atoms with E-state index in [1.54, 1.807) is 11.9 Å². The third-order valence-electron chi connectivity index (χ3n) is 2.57. The predicted molar refractivity (Wildman–Crippen MR) is 55.2 cm³/mol. The van der Waals surface area contributed by atoms with Crippen LogP contribution in [0.1, 0.15) is 19.8 Å². The van der Waals surface area contributed by atoms with Crippen molar-refractivity contribution in [2.75, 3.05) is 33.3 Å². The van der Waals surface area contributed by atoms with Crippen molar-refractivity contribution in [3.05, 3.63) is 0 Å². The van der Waals surface area contributed by atoms with Crippen LogP contribution < -0.4 is 5.32 Å². The fourth-order valence-corrected chi connectivity index (χ4v) is 1.76. The van der Waals surface area contributed by atoms with Crippen LogP contribution in [0.15, 0.2) is 0 Å². The van der Waals surface area contributed by atoms with Crippen molar-refractivity contribution >= 4 is 6.09 Å². The van der Waals surface area contributed by atoms with Gasteiger partial charge < -0.3 is 15.0 Å². The first-order valence-electron chi connectivity index (χ1n) is 5.32. The fourth-order valence-electron chi connectivity index (χ4n) is 1.76. The first kappa shape index (κ1) is 11.3. The Morgan fingerprint density at radius 1 is 1.50 bits per heavy atom. The highest BCUT2D eigenvalue weighted by Crippen LogP contribution is 2.12. The van der Waals surface area contributed by atoms with Crippen molar-refractivity contribution in [1.82, 2.24) is 10.2 Å². The van der Waals surface area contributed by atoms with Gasteiger partial charge in [0.25, 0.3) is 0 Å². The standard InChI is InChI=1S/C10H20N2O2/c1-3-14-10(13)12(2)8-9-4-6-11-7-5-9/h9,11H,3-8H2,1-2H3. The number of ether oxygens (including phenoxy) is 1. The Morgan fingerprint density at radius 2 is 2.14 bits per heavy atom. The van der Waals surface area contributed by atoms with E-state index in [-0.39, 0.29) is 6.09 Å². The molecule has 0 saturated carbocycles. The van der Waals surface area contributed by atoms with Crippen LogP contribution in [0.25, 0.3) is 0 Å². The van der Waals surface area contributed by atoms with Crippen LogP contribution in [0.3, 0.4) is 0 Å². The van der Waals surface area contributed by atoms with Gasteiger partial charge in [-0.25, -0.2) is 4.79 Å². The Kier molecular flexibility index (Phi) is 4.73. The van der Waals surface area contributed by atoms with Gasteiger partial charge in [0.2, 0.25) is 0 Å². The molecule has 1 fully saturated rings. The van der Waals surface area contributed by atoms with E-state index in [4.69, 9.17) is 4.74 Å². The molecule has 82 valence electrons. The van der Waals surface area contributed by atoms with Crippen molar-refractivity contribution in [2.45, 2.75) is 19.8 Å². The number of nitrogens with one attached hydrogen (secondary N) is 1. The Bertz CT molecular complexity index is 179. The number of carbonyl (C=O) groups excluding carboxylic acids is 1. The SMILES string of the molecule is CCOC(=O)N(C)CC1CCNCC1. The van der Waals surface area contributed by atoms with Gasteiger partial charge in [-0.1, -0.05) is 0 Å². The normalized spacial score (nSPS) is 17.9. The van der Waals surface area contributed by atoms with Crippen molar-refractivity contribution in [3.63, 3.8) is 0 Å². The summed E-state index contributed by atoms with van der Waals surface area (Å²) in [6, 6.07) is 0. The average Bonchev–Trinajstić information content (AvgIpc) is 2.19. The summed E-state index contributed by atoms with van der Waals surface area (Å²) in [5, 5.41) is 3.31. The lowest BCUT2D eigenvalue weighted by molar-refractivity contribution is 0.108. The molecule has 0 aliphatic carbocycles. The Hall–Kier alpha value is -0.770. The Balaban J connectivity index is 2.24. The van der Waals surface area contributed by atoms with Gasteiger partial charge in [-0.05, 0) is 38.8 Å². The number of piperidine rings is 1. The van der Waals surface area contributed by atoms with Crippen LogP contribution in [-0.2, 0) is 4.74 Å². The van der Waals surface area contributed by atoms with E-state index >= 15 is 0 Å². The topological polar surface area (TPSA) is 41.6 Å². The van der Waals surface area contributed by atoms with E-state index in [1.807, 2.05) is 6.92 Å². The highest BCUT2D eigenvalue weighted by molar-refractivity contribution is 5.67. The summed E-state index contributed by atoms with van der Waals surface area (Å²) in [7, 11) is 1.81. The van der Waals surface area contributed by atoms with Gasteiger partial charge in [0.05, 0.1) is 6.61 Å². The molecule has 1 heterocycles. The second kappa shape index (κ2) is 5.86. The molecule has 4 nitrogen and oxygen atoms in total. The van der Waals surface area contributed by atoms with Gasteiger partial charge >= 0.3 is 6.09 Å². The zero-order valence-electron chi connectivity index (χ0n) is 9.08. The summed E-state index contributed by atoms with van der Waals surface area (Å²) in [6.45, 7) is 5.24. The average molecular weight is 200 g/mol. The summed E-state index contributed by atoms with van der Waals surface area (Å²) in [5.74, 6) is 0.630. The van der Waals surface area contributed by atoms with Gasteiger partial charge in [0.1, 0.15) is 0 Å². The number of amides is 1. The zero-order valence-corrected chi connectivity index (χ0v) is 9.08. The molecule has 1 aliphatic heterocycles. The van der Waals surface area contributed by atoms with Gasteiger partial charge in [0, 0.05) is 13.6 Å². The lowest BCUT2D eigenvalue weighted by Gasteiger charge is -2.26. The Morgan fingerprint density at radius 3 is 2.71 bits per heavy atom. The monoisotopic (exact) mass is 200 g/mol. The molecule has 1 N–H and O–H groups in total. The molecular weight excluding hydrogens is 180 g/mol. The largest absolute Gasteiger partial charge is 0.450 e. The van der Waals surface area contributed by atoms with Crippen LogP contribution in [0.2, 0.25) is 0 Å². The lowest BCUT2D eigenvalue weighted by atomic mass is 9.98. The fraction of sp³-hybridized carbons (Fsp3) is 0.900. The van der Waals surface area contributed by atoms with Crippen molar-refractivity contribution in [3.8, 4) is 0 Å². The second-order valence-electron chi connectivity index (χ2n) is 3.77. The van der Waals surface area contributed by atoms with Gasteiger partial charge in [0.15, 0.2) is 0 Å². The summed E-state index contributed by atoms with van der Waals surface area (Å²) in [6.07, 6.45) is 2.11. The minimum Gasteiger partial charge on any atom is -0.450 e. The van der Waals surface area contributed by atoms with Crippen LogP contribution >= 0.6 is 0 Å². The minimum atomic E-state index is -0.203. The summed E-state index contributed by atoms with van der Waals surface area (Å²) < 4.78 is 4.92. The van der Waals surface area contributed by atoms with Crippen molar-refractivity contribution in [1.29, 1.82) is 0 Å². The predicted octanol–water partition coefficient (Wildman–Crippen LogP) is 1.07. The number of hydrogen-bond donors (Lipinski definition) is 1. The van der Waals surface area contributed by atoms with Gasteiger partial charge in [-0.3, -0.25) is 0 Å². The van der Waals surface area contributed by atoms with E-state index in [0.717, 1.165) is 32.5 Å². The van der Waals surface area contributed by atoms with Crippen LogP contribution in [-0.4, -0.2) is 44.3 Å². The highest BCUT2D eigenvalue weighted by atomic mass is 16.5. The summed E-state index contributed by atoms with van der Waals surface area (Å²) in [4.78, 5) is 13.0. The Labute approximate surface area is 85.6 Å². The smallest absolute Gasteiger partial charge is 0.409 e. The number of nitrogens with zero attached hydrogens (tertiary/aromatic N) is 1. The first-order chi connectivity index (χ1) is 6.74. The van der Waals surface area contributed by atoms with Crippen molar-refractivity contribution in [2.24, 2.45) is 5.92 Å². The lowest BCUT2D eigenvalue weighted by Crippen LogP contribution is -2.37. The zero-order chi connectivity index (χ0) is 10.4. The third kappa shape index (κ3) is 3.54. The van der Waals surface area contributed by atoms with Crippen LogP contribution in [0.5, 0.6) is 0 Å². The van der Waals surface area contributed by atoms with Gasteiger partial charge in [-0.2, -0.15) is 0 Å². The molecule has 0 aromatic carbocycles. The number of hydrogen-bond acceptors (Lipinski definition) is 3. The van der Waals surface area contributed by atoms with E-state index < -0.39 is 0 Å². The molecule has 0 unspecified atom stereocenters. The molecule has 1 amide bonds. The molecule has 4 heteroatoms. The van der Waals surface area contributed by atoms with E-state index in [0.29, 0.717) is 12.5 Å². The quantitative estimate of drug-likeness (QED) is 0.741. The summed E-state index contributed by atoms with van der Waals surface area (Å²) in [5.41, 5.74) is 0. The molecule has 0 spiro atoms. The van der Waals surface area contributed by atoms with Crippen LogP contribution in [0.4, 0.5) is 4.79 Å². The minimum absolute atomic E-state index is 0.203. The molecule has 0 atom stereocenters. The summed E-state index contributed by atoms with van der Waals surface area (Å²) >= 11 is 0. The maximum atomic E-state index is 11.3. The molecule has 1 aliphatic rings. The first-order valence-corrected chi connectivity index (χ1v) is 5.32. The molecule has 0 radical (unpaired) electrons. The molecule has 0 aromatic rings. The molecule has 1 saturated heterocycles. The van der Waals surface area contributed by atoms with Gasteiger partial charge in [-0.15, -0.1) is 0 Å². The van der Waals surface area contributed by atoms with E-state index in [2.05, 4.69) is 5.32 Å².